The summed E-state index contributed by atoms with van der Waals surface area (Å²) in [7, 11) is 0. The maximum absolute atomic E-state index is 13.5. The summed E-state index contributed by atoms with van der Waals surface area (Å²) in [5, 5.41) is 4.00. The predicted octanol–water partition coefficient (Wildman–Crippen LogP) is 6.15. The van der Waals surface area contributed by atoms with Crippen LogP contribution >= 0.6 is 54.8 Å². The highest BCUT2D eigenvalue weighted by atomic mass is 79.9. The van der Waals surface area contributed by atoms with Crippen molar-refractivity contribution in [2.75, 3.05) is 6.54 Å². The minimum Gasteiger partial charge on any atom is -0.306 e. The van der Waals surface area contributed by atoms with Crippen LogP contribution in [0.15, 0.2) is 32.5 Å². The van der Waals surface area contributed by atoms with Gasteiger partial charge in [-0.25, -0.2) is 4.39 Å². The number of halogens is 4. The van der Waals surface area contributed by atoms with Crippen molar-refractivity contribution >= 4 is 54.8 Å². The molecular formula is C14H13Br2ClFNS. The molecule has 0 saturated heterocycles. The molecule has 0 saturated carbocycles. The molecule has 2 aromatic rings. The van der Waals surface area contributed by atoms with Gasteiger partial charge in [0.05, 0.1) is 9.83 Å². The molecule has 1 nitrogen and oxygen atoms in total. The molecule has 0 aliphatic carbocycles. The summed E-state index contributed by atoms with van der Waals surface area (Å²) in [4.78, 5) is 1.09. The average Bonchev–Trinajstić information content (AvgIpc) is 2.74. The quantitative estimate of drug-likeness (QED) is 0.586. The number of hydrogen-bond acceptors (Lipinski definition) is 2. The second-order valence-corrected chi connectivity index (χ2v) is 7.99. The molecule has 0 aliphatic rings. The van der Waals surface area contributed by atoms with Crippen LogP contribution in [0.2, 0.25) is 5.02 Å². The smallest absolute Gasteiger partial charge is 0.123 e. The standard InChI is InChI=1S/C14H13Br2ClFNS/c1-2-5-19-13(12-7-10(15)14(16)20-12)9-6-8(18)3-4-11(9)17/h3-4,6-7,13,19H,2,5H2,1H3. The van der Waals surface area contributed by atoms with Crippen molar-refractivity contribution in [1.82, 2.24) is 5.32 Å². The maximum Gasteiger partial charge on any atom is 0.123 e. The van der Waals surface area contributed by atoms with Gasteiger partial charge >= 0.3 is 0 Å². The van der Waals surface area contributed by atoms with Crippen LogP contribution in [0.1, 0.15) is 29.8 Å². The zero-order chi connectivity index (χ0) is 14.7. The van der Waals surface area contributed by atoms with E-state index in [1.54, 1.807) is 17.4 Å². The van der Waals surface area contributed by atoms with Gasteiger partial charge in [-0.1, -0.05) is 18.5 Å². The molecular weight excluding hydrogens is 428 g/mol. The molecule has 20 heavy (non-hydrogen) atoms. The minimum atomic E-state index is -0.276. The van der Waals surface area contributed by atoms with E-state index in [0.29, 0.717) is 5.02 Å². The van der Waals surface area contributed by atoms with E-state index < -0.39 is 0 Å². The van der Waals surface area contributed by atoms with Gasteiger partial charge < -0.3 is 5.32 Å². The van der Waals surface area contributed by atoms with E-state index in [1.165, 1.54) is 12.1 Å². The predicted molar refractivity (Wildman–Crippen MR) is 91.3 cm³/mol. The lowest BCUT2D eigenvalue weighted by Crippen LogP contribution is -2.22. The van der Waals surface area contributed by atoms with Gasteiger partial charge in [0.15, 0.2) is 0 Å². The normalized spacial score (nSPS) is 12.7. The highest BCUT2D eigenvalue weighted by Crippen LogP contribution is 2.39. The van der Waals surface area contributed by atoms with Crippen molar-refractivity contribution in [2.24, 2.45) is 0 Å². The molecule has 1 heterocycles. The summed E-state index contributed by atoms with van der Waals surface area (Å²) in [5.74, 6) is -0.276. The van der Waals surface area contributed by atoms with E-state index >= 15 is 0 Å². The maximum atomic E-state index is 13.5. The van der Waals surface area contributed by atoms with Crippen LogP contribution in [0.3, 0.4) is 0 Å². The molecule has 108 valence electrons. The molecule has 1 atom stereocenters. The van der Waals surface area contributed by atoms with Gasteiger partial charge in [-0.05, 0) is 74.7 Å². The topological polar surface area (TPSA) is 12.0 Å². The minimum absolute atomic E-state index is 0.106. The Morgan fingerprint density at radius 1 is 1.35 bits per heavy atom. The largest absolute Gasteiger partial charge is 0.306 e. The van der Waals surface area contributed by atoms with Gasteiger partial charge in [0, 0.05) is 14.4 Å². The molecule has 0 radical (unpaired) electrons. The van der Waals surface area contributed by atoms with Gasteiger partial charge in [0.25, 0.3) is 0 Å². The third kappa shape index (κ3) is 3.83. The first-order chi connectivity index (χ1) is 9.52. The van der Waals surface area contributed by atoms with E-state index in [4.69, 9.17) is 11.6 Å². The van der Waals surface area contributed by atoms with E-state index in [2.05, 4.69) is 44.1 Å². The van der Waals surface area contributed by atoms with Gasteiger partial charge in [-0.2, -0.15) is 0 Å². The molecule has 1 unspecified atom stereocenters. The zero-order valence-electron chi connectivity index (χ0n) is 10.7. The van der Waals surface area contributed by atoms with Crippen molar-refractivity contribution in [1.29, 1.82) is 0 Å². The summed E-state index contributed by atoms with van der Waals surface area (Å²) in [6, 6.07) is 6.40. The van der Waals surface area contributed by atoms with Gasteiger partial charge in [0.1, 0.15) is 5.82 Å². The fourth-order valence-electron chi connectivity index (χ4n) is 1.89. The first-order valence-electron chi connectivity index (χ1n) is 6.16. The van der Waals surface area contributed by atoms with E-state index in [9.17, 15) is 4.39 Å². The molecule has 1 aromatic carbocycles. The van der Waals surface area contributed by atoms with Gasteiger partial charge in [-0.15, -0.1) is 11.3 Å². The average molecular weight is 442 g/mol. The summed E-state index contributed by atoms with van der Waals surface area (Å²) in [6.07, 6.45) is 0.997. The number of rotatable bonds is 5. The van der Waals surface area contributed by atoms with Crippen LogP contribution in [0, 0.1) is 5.82 Å². The van der Waals surface area contributed by atoms with Crippen molar-refractivity contribution in [3.8, 4) is 0 Å². The number of hydrogen-bond donors (Lipinski definition) is 1. The molecule has 2 rings (SSSR count). The van der Waals surface area contributed by atoms with Crippen molar-refractivity contribution in [3.63, 3.8) is 0 Å². The van der Waals surface area contributed by atoms with Crippen LogP contribution in [-0.4, -0.2) is 6.54 Å². The van der Waals surface area contributed by atoms with Gasteiger partial charge in [-0.3, -0.25) is 0 Å². The van der Waals surface area contributed by atoms with E-state index in [0.717, 1.165) is 31.7 Å². The Morgan fingerprint density at radius 2 is 2.10 bits per heavy atom. The lowest BCUT2D eigenvalue weighted by Gasteiger charge is -2.19. The van der Waals surface area contributed by atoms with Crippen LogP contribution in [0.4, 0.5) is 4.39 Å². The lowest BCUT2D eigenvalue weighted by molar-refractivity contribution is 0.591. The third-order valence-electron chi connectivity index (χ3n) is 2.82. The molecule has 0 spiro atoms. The highest BCUT2D eigenvalue weighted by molar-refractivity contribution is 9.13. The molecule has 0 amide bonds. The number of nitrogens with one attached hydrogen (secondary N) is 1. The Morgan fingerprint density at radius 3 is 2.70 bits per heavy atom. The van der Waals surface area contributed by atoms with Crippen molar-refractivity contribution in [3.05, 3.63) is 53.8 Å². The SMILES string of the molecule is CCCNC(c1cc(Br)c(Br)s1)c1cc(F)ccc1Cl. The first kappa shape index (κ1) is 16.4. The van der Waals surface area contributed by atoms with Crippen molar-refractivity contribution < 1.29 is 4.39 Å². The molecule has 1 N–H and O–H groups in total. The zero-order valence-corrected chi connectivity index (χ0v) is 15.5. The van der Waals surface area contributed by atoms with Crippen LogP contribution in [0.25, 0.3) is 0 Å². The highest BCUT2D eigenvalue weighted by Gasteiger charge is 2.20. The van der Waals surface area contributed by atoms with Crippen LogP contribution in [-0.2, 0) is 0 Å². The molecule has 6 heteroatoms. The summed E-state index contributed by atoms with van der Waals surface area (Å²) in [6.45, 7) is 2.93. The van der Waals surface area contributed by atoms with Crippen LogP contribution in [0.5, 0.6) is 0 Å². The molecule has 0 aliphatic heterocycles. The second kappa shape index (κ2) is 7.36. The van der Waals surface area contributed by atoms with Gasteiger partial charge in [0.2, 0.25) is 0 Å². The summed E-state index contributed by atoms with van der Waals surface area (Å²) >= 11 is 14.8. The monoisotopic (exact) mass is 439 g/mol. The molecule has 0 bridgehead atoms. The Balaban J connectivity index is 2.43. The van der Waals surface area contributed by atoms with E-state index in [1.807, 2.05) is 6.07 Å². The summed E-state index contributed by atoms with van der Waals surface area (Å²) < 4.78 is 15.5. The third-order valence-corrected chi connectivity index (χ3v) is 6.48. The Hall–Kier alpha value is 0.0600. The molecule has 0 fully saturated rings. The Kier molecular flexibility index (Phi) is 6.05. The lowest BCUT2D eigenvalue weighted by atomic mass is 10.0. The van der Waals surface area contributed by atoms with E-state index in [-0.39, 0.29) is 11.9 Å². The number of thiophene rings is 1. The van der Waals surface area contributed by atoms with Crippen LogP contribution < -0.4 is 5.32 Å². The second-order valence-electron chi connectivity index (χ2n) is 4.32. The van der Waals surface area contributed by atoms with Crippen molar-refractivity contribution in [2.45, 2.75) is 19.4 Å². The number of benzene rings is 1. The first-order valence-corrected chi connectivity index (χ1v) is 8.94. The Labute approximate surface area is 143 Å². The fourth-order valence-corrected chi connectivity index (χ4v) is 4.30. The Bertz CT molecular complexity index is 583. The summed E-state index contributed by atoms with van der Waals surface area (Å²) in [5.41, 5.74) is 0.765. The fraction of sp³-hybridized carbons (Fsp3) is 0.286. The molecule has 1 aromatic heterocycles.